The molecular weight excluding hydrogens is 580 g/mol. The van der Waals surface area contributed by atoms with Gasteiger partial charge in [0.15, 0.2) is 0 Å². The molecule has 0 saturated carbocycles. The predicted molar refractivity (Wildman–Crippen MR) is 155 cm³/mol. The van der Waals surface area contributed by atoms with E-state index >= 15 is 0 Å². The highest BCUT2D eigenvalue weighted by molar-refractivity contribution is 5.83. The van der Waals surface area contributed by atoms with Crippen LogP contribution in [-0.4, -0.2) is 60.6 Å². The third-order valence-corrected chi connectivity index (χ3v) is 6.51. The highest BCUT2D eigenvalue weighted by Gasteiger charge is 2.27. The number of benzene rings is 4. The molecule has 44 heavy (non-hydrogen) atoms. The van der Waals surface area contributed by atoms with Crippen LogP contribution in [-0.2, 0) is 0 Å². The smallest absolute Gasteiger partial charge is 0.410 e. The largest absolute Gasteiger partial charge is 0.415 e. The second kappa shape index (κ2) is 13.6. The van der Waals surface area contributed by atoms with Crippen molar-refractivity contribution in [3.05, 3.63) is 119 Å². The normalized spacial score (nSPS) is 13.5. The fourth-order valence-electron chi connectivity index (χ4n) is 4.10. The minimum absolute atomic E-state index is 0.0125. The molecule has 5 rings (SSSR count). The van der Waals surface area contributed by atoms with Gasteiger partial charge in [0.25, 0.3) is 0 Å². The van der Waals surface area contributed by atoms with Gasteiger partial charge in [-0.2, -0.15) is 0 Å². The zero-order chi connectivity index (χ0) is 31.1. The third kappa shape index (κ3) is 7.85. The maximum absolute atomic E-state index is 14.5. The summed E-state index contributed by atoms with van der Waals surface area (Å²) >= 11 is 0. The van der Waals surface area contributed by atoms with Gasteiger partial charge >= 0.3 is 12.2 Å². The summed E-state index contributed by atoms with van der Waals surface area (Å²) < 4.78 is 65.7. The Kier molecular flexibility index (Phi) is 9.28. The van der Waals surface area contributed by atoms with Crippen molar-refractivity contribution in [2.75, 3.05) is 26.2 Å². The molecule has 1 heterocycles. The molecule has 224 valence electrons. The van der Waals surface area contributed by atoms with E-state index in [1.54, 1.807) is 0 Å². The Balaban J connectivity index is 1.10. The average molecular weight is 605 g/mol. The summed E-state index contributed by atoms with van der Waals surface area (Å²) in [5.74, 6) is -2.18. The Morgan fingerprint density at radius 2 is 0.932 bits per heavy atom. The van der Waals surface area contributed by atoms with Crippen LogP contribution in [0.15, 0.2) is 94.9 Å². The molecule has 0 aliphatic carbocycles. The van der Waals surface area contributed by atoms with Crippen LogP contribution in [0, 0.1) is 23.3 Å². The zero-order valence-electron chi connectivity index (χ0n) is 23.0. The molecule has 0 atom stereocenters. The quantitative estimate of drug-likeness (QED) is 0.174. The molecule has 1 aliphatic heterocycles. The number of hydrogen-bond acceptors (Lipinski definition) is 6. The first-order valence-electron chi connectivity index (χ1n) is 13.4. The number of carbonyl (C=O) groups is 2. The van der Waals surface area contributed by atoms with Crippen LogP contribution >= 0.6 is 0 Å². The number of halogens is 4. The standard InChI is InChI=1S/C32H24F4N4O4/c33-23-3-7-25(8-4-23)37-19-21-1-11-27(17-29(21)35)43-31(41)39-13-15-40(16-14-39)32(42)44-28-12-2-22(30(36)18-28)20-38-26-9-5-24(34)6-10-26/h1-12,17-20H,13-16H2/b37-19+,38-20+. The zero-order valence-corrected chi connectivity index (χ0v) is 23.0. The van der Waals surface area contributed by atoms with E-state index in [0.717, 1.165) is 12.1 Å². The fourth-order valence-corrected chi connectivity index (χ4v) is 4.10. The molecule has 0 unspecified atom stereocenters. The molecule has 0 N–H and O–H groups in total. The summed E-state index contributed by atoms with van der Waals surface area (Å²) in [6, 6.07) is 18.5. The first-order chi connectivity index (χ1) is 21.2. The number of nitrogens with zero attached hydrogens (tertiary/aromatic N) is 4. The lowest BCUT2D eigenvalue weighted by molar-refractivity contribution is 0.101. The number of rotatable bonds is 6. The molecule has 0 bridgehead atoms. The Morgan fingerprint density at radius 3 is 1.27 bits per heavy atom. The molecule has 4 aromatic carbocycles. The fraction of sp³-hybridized carbons (Fsp3) is 0.125. The molecule has 12 heteroatoms. The van der Waals surface area contributed by atoms with Crippen molar-refractivity contribution in [3.8, 4) is 11.5 Å². The van der Waals surface area contributed by atoms with Crippen molar-refractivity contribution in [1.29, 1.82) is 0 Å². The lowest BCUT2D eigenvalue weighted by Gasteiger charge is -2.33. The van der Waals surface area contributed by atoms with Gasteiger partial charge in [-0.25, -0.2) is 27.2 Å². The number of hydrogen-bond donors (Lipinski definition) is 0. The van der Waals surface area contributed by atoms with E-state index in [1.165, 1.54) is 95.0 Å². The summed E-state index contributed by atoms with van der Waals surface area (Å²) in [6.45, 7) is 0.524. The van der Waals surface area contributed by atoms with E-state index in [1.807, 2.05) is 0 Å². The number of ether oxygens (including phenoxy) is 2. The highest BCUT2D eigenvalue weighted by atomic mass is 19.1. The Bertz CT molecular complexity index is 1580. The molecule has 0 radical (unpaired) electrons. The van der Waals surface area contributed by atoms with Crippen molar-refractivity contribution >= 4 is 36.0 Å². The molecule has 0 aromatic heterocycles. The van der Waals surface area contributed by atoms with Gasteiger partial charge in [-0.15, -0.1) is 0 Å². The topological polar surface area (TPSA) is 83.8 Å². The molecule has 1 aliphatic rings. The Hall–Kier alpha value is -5.52. The van der Waals surface area contributed by atoms with Crippen LogP contribution in [0.1, 0.15) is 11.1 Å². The van der Waals surface area contributed by atoms with E-state index in [9.17, 15) is 27.2 Å². The number of piperazine rings is 1. The number of aliphatic imine (C=N–C) groups is 2. The van der Waals surface area contributed by atoms with Crippen molar-refractivity contribution in [1.82, 2.24) is 9.80 Å². The van der Waals surface area contributed by atoms with Crippen LogP contribution in [0.2, 0.25) is 0 Å². The summed E-state index contributed by atoms with van der Waals surface area (Å²) in [5, 5.41) is 0. The van der Waals surface area contributed by atoms with Gasteiger partial charge in [0.05, 0.1) is 11.4 Å². The second-order valence-corrected chi connectivity index (χ2v) is 9.55. The van der Waals surface area contributed by atoms with Crippen molar-refractivity contribution in [3.63, 3.8) is 0 Å². The Labute approximate surface area is 249 Å². The molecule has 1 fully saturated rings. The monoisotopic (exact) mass is 604 g/mol. The summed E-state index contributed by atoms with van der Waals surface area (Å²) in [5.41, 5.74) is 1.18. The van der Waals surface area contributed by atoms with Gasteiger partial charge in [-0.3, -0.25) is 9.98 Å². The van der Waals surface area contributed by atoms with Crippen molar-refractivity contribution in [2.24, 2.45) is 9.98 Å². The van der Waals surface area contributed by atoms with Gasteiger partial charge in [0.1, 0.15) is 34.8 Å². The maximum atomic E-state index is 14.5. The first-order valence-corrected chi connectivity index (χ1v) is 13.4. The summed E-state index contributed by atoms with van der Waals surface area (Å²) in [6.07, 6.45) is 1.12. The van der Waals surface area contributed by atoms with Crippen LogP contribution < -0.4 is 9.47 Å². The van der Waals surface area contributed by atoms with Gasteiger partial charge in [-0.1, -0.05) is 0 Å². The van der Waals surface area contributed by atoms with Gasteiger partial charge < -0.3 is 19.3 Å². The molecule has 1 saturated heterocycles. The molecule has 2 amide bonds. The second-order valence-electron chi connectivity index (χ2n) is 9.55. The molecule has 8 nitrogen and oxygen atoms in total. The van der Waals surface area contributed by atoms with Crippen LogP contribution in [0.5, 0.6) is 11.5 Å². The van der Waals surface area contributed by atoms with Gasteiger partial charge in [0, 0.05) is 61.9 Å². The van der Waals surface area contributed by atoms with Crippen LogP contribution in [0.25, 0.3) is 0 Å². The minimum atomic E-state index is -0.717. The molecular formula is C32H24F4N4O4. The lowest BCUT2D eigenvalue weighted by Crippen LogP contribution is -2.52. The average Bonchev–Trinajstić information content (AvgIpc) is 3.02. The highest BCUT2D eigenvalue weighted by Crippen LogP contribution is 2.21. The van der Waals surface area contributed by atoms with E-state index in [4.69, 9.17) is 9.47 Å². The predicted octanol–water partition coefficient (Wildman–Crippen LogP) is 7.06. The maximum Gasteiger partial charge on any atom is 0.415 e. The molecule has 0 spiro atoms. The van der Waals surface area contributed by atoms with Gasteiger partial charge in [0.2, 0.25) is 0 Å². The van der Waals surface area contributed by atoms with Crippen molar-refractivity contribution < 1.29 is 36.6 Å². The summed E-state index contributed by atoms with van der Waals surface area (Å²) in [4.78, 5) is 36.1. The SMILES string of the molecule is O=C(Oc1ccc(/C=N/c2ccc(F)cc2)c(F)c1)N1CCN(C(=O)Oc2ccc(/C=N/c3ccc(F)cc3)c(F)c2)CC1. The van der Waals surface area contributed by atoms with Crippen LogP contribution in [0.3, 0.4) is 0 Å². The third-order valence-electron chi connectivity index (χ3n) is 6.51. The van der Waals surface area contributed by atoms with Crippen molar-refractivity contribution in [2.45, 2.75) is 0 Å². The number of carbonyl (C=O) groups excluding carboxylic acids is 2. The number of amides is 2. The minimum Gasteiger partial charge on any atom is -0.410 e. The van der Waals surface area contributed by atoms with E-state index < -0.39 is 35.5 Å². The Morgan fingerprint density at radius 1 is 0.568 bits per heavy atom. The van der Waals surface area contributed by atoms with E-state index in [0.29, 0.717) is 11.4 Å². The van der Waals surface area contributed by atoms with Crippen LogP contribution in [0.4, 0.5) is 38.5 Å². The van der Waals surface area contributed by atoms with Gasteiger partial charge in [-0.05, 0) is 72.8 Å². The van der Waals surface area contributed by atoms with E-state index in [-0.39, 0.29) is 48.8 Å². The summed E-state index contributed by atoms with van der Waals surface area (Å²) in [7, 11) is 0. The first kappa shape index (κ1) is 30.0. The van der Waals surface area contributed by atoms with E-state index in [2.05, 4.69) is 9.98 Å². The lowest BCUT2D eigenvalue weighted by atomic mass is 10.2. The molecule has 4 aromatic rings.